The molecule has 1 fully saturated rings. The van der Waals surface area contributed by atoms with Crippen LogP contribution in [0.5, 0.6) is 0 Å². The van der Waals surface area contributed by atoms with Gasteiger partial charge in [0.1, 0.15) is 5.82 Å². The van der Waals surface area contributed by atoms with Crippen molar-refractivity contribution in [3.05, 3.63) is 80.6 Å². The molecule has 2 N–H and O–H groups in total. The van der Waals surface area contributed by atoms with E-state index in [-0.39, 0.29) is 13.1 Å². The van der Waals surface area contributed by atoms with E-state index < -0.39 is 40.3 Å². The van der Waals surface area contributed by atoms with Gasteiger partial charge in [-0.3, -0.25) is 4.79 Å². The van der Waals surface area contributed by atoms with Gasteiger partial charge in [-0.2, -0.15) is 0 Å². The van der Waals surface area contributed by atoms with E-state index in [1.165, 1.54) is 4.90 Å². The number of benzene rings is 2. The largest absolute Gasteiger partial charge is 0.478 e. The normalized spacial score (nSPS) is 13.6. The highest BCUT2D eigenvalue weighted by molar-refractivity contribution is 14.1. The number of rotatable bonds is 5. The fourth-order valence-electron chi connectivity index (χ4n) is 3.82. The van der Waals surface area contributed by atoms with Crippen molar-refractivity contribution in [3.8, 4) is 0 Å². The van der Waals surface area contributed by atoms with E-state index in [4.69, 9.17) is 0 Å². The Morgan fingerprint density at radius 3 is 2.38 bits per heavy atom. The lowest BCUT2D eigenvalue weighted by Crippen LogP contribution is -2.49. The Balaban J connectivity index is 1.60. The van der Waals surface area contributed by atoms with Gasteiger partial charge in [-0.25, -0.2) is 18.6 Å². The lowest BCUT2D eigenvalue weighted by Gasteiger charge is -2.35. The minimum atomic E-state index is -1.47. The molecule has 10 heteroatoms. The Hall–Kier alpha value is -3.28. The van der Waals surface area contributed by atoms with Gasteiger partial charge in [0.2, 0.25) is 0 Å². The first-order valence-corrected chi connectivity index (χ1v) is 11.6. The van der Waals surface area contributed by atoms with E-state index >= 15 is 8.78 Å². The van der Waals surface area contributed by atoms with Crippen LogP contribution in [0.15, 0.2) is 48.7 Å². The number of aromatic carboxylic acids is 1. The first-order valence-electron chi connectivity index (χ1n) is 10.5. The molecule has 0 bridgehead atoms. The molecule has 1 aromatic heterocycles. The van der Waals surface area contributed by atoms with Gasteiger partial charge in [0.05, 0.1) is 16.8 Å². The van der Waals surface area contributed by atoms with Crippen LogP contribution in [0.4, 0.5) is 26.0 Å². The van der Waals surface area contributed by atoms with Crippen LogP contribution in [0.2, 0.25) is 0 Å². The molecule has 3 aromatic rings. The highest BCUT2D eigenvalue weighted by Gasteiger charge is 2.30. The smallest absolute Gasteiger partial charge is 0.337 e. The summed E-state index contributed by atoms with van der Waals surface area (Å²) in [6.45, 7) is 3.22. The Labute approximate surface area is 208 Å². The fourth-order valence-corrected chi connectivity index (χ4v) is 4.47. The number of piperazine rings is 1. The molecule has 0 atom stereocenters. The second-order valence-corrected chi connectivity index (χ2v) is 9.08. The molecule has 2 heterocycles. The summed E-state index contributed by atoms with van der Waals surface area (Å²) in [4.78, 5) is 32.6. The molecule has 0 aliphatic carbocycles. The molecule has 0 radical (unpaired) electrons. The molecule has 4 rings (SSSR count). The molecular weight excluding hydrogens is 557 g/mol. The maximum atomic E-state index is 15.1. The van der Waals surface area contributed by atoms with Crippen LogP contribution in [-0.2, 0) is 0 Å². The first-order chi connectivity index (χ1) is 16.3. The minimum Gasteiger partial charge on any atom is -0.478 e. The zero-order valence-corrected chi connectivity index (χ0v) is 20.3. The molecule has 0 saturated carbocycles. The average molecular weight is 578 g/mol. The molecule has 2 aromatic carbocycles. The second-order valence-electron chi connectivity index (χ2n) is 7.83. The van der Waals surface area contributed by atoms with Gasteiger partial charge < -0.3 is 20.2 Å². The van der Waals surface area contributed by atoms with Crippen LogP contribution in [-0.4, -0.2) is 53.0 Å². The van der Waals surface area contributed by atoms with Crippen LogP contribution in [0.25, 0.3) is 0 Å². The number of carboxylic acid groups (broad SMARTS) is 1. The molecular formula is C24H21F2IN4O3. The quantitative estimate of drug-likeness (QED) is 0.428. The van der Waals surface area contributed by atoms with E-state index in [1.54, 1.807) is 31.3 Å². The number of hydrogen-bond donors (Lipinski definition) is 2. The number of aromatic nitrogens is 1. The number of carbonyl (C=O) groups excluding carboxylic acids is 1. The van der Waals surface area contributed by atoms with Crippen molar-refractivity contribution in [2.75, 3.05) is 36.4 Å². The molecule has 1 aliphatic rings. The number of aryl methyl sites for hydroxylation is 1. The maximum absolute atomic E-state index is 15.1. The monoisotopic (exact) mass is 578 g/mol. The zero-order valence-electron chi connectivity index (χ0n) is 18.2. The fraction of sp³-hybridized carbons (Fsp3) is 0.208. The maximum Gasteiger partial charge on any atom is 0.337 e. The van der Waals surface area contributed by atoms with Gasteiger partial charge in [-0.15, -0.1) is 0 Å². The predicted octanol–water partition coefficient (Wildman–Crippen LogP) is 4.68. The summed E-state index contributed by atoms with van der Waals surface area (Å²) in [6.07, 6.45) is 1.67. The summed E-state index contributed by atoms with van der Waals surface area (Å²) in [6, 6.07) is 11.6. The van der Waals surface area contributed by atoms with Crippen molar-refractivity contribution in [2.24, 2.45) is 0 Å². The minimum absolute atomic E-state index is 0.265. The summed E-state index contributed by atoms with van der Waals surface area (Å²) in [5.41, 5.74) is -0.482. The van der Waals surface area contributed by atoms with Gasteiger partial charge in [-0.1, -0.05) is 6.07 Å². The van der Waals surface area contributed by atoms with Gasteiger partial charge in [-0.05, 0) is 71.5 Å². The van der Waals surface area contributed by atoms with Gasteiger partial charge in [0.15, 0.2) is 11.6 Å². The SMILES string of the molecule is Cc1cc(I)ccc1Nc1c(C(=O)O)cc(C(=O)N2CCN(c3ccccn3)CC2)c(F)c1F. The third kappa shape index (κ3) is 4.81. The van der Waals surface area contributed by atoms with Crippen molar-refractivity contribution in [3.63, 3.8) is 0 Å². The standard InChI is InChI=1S/C24H21F2IN4O3/c1-14-12-15(27)5-6-18(14)29-22-17(24(33)34)13-16(20(25)21(22)26)23(32)31-10-8-30(9-11-31)19-4-2-3-7-28-19/h2-7,12-13,29H,8-11H2,1H3,(H,33,34). The lowest BCUT2D eigenvalue weighted by atomic mass is 10.0. The number of nitrogens with one attached hydrogen (secondary N) is 1. The van der Waals surface area contributed by atoms with Crippen LogP contribution in [0.3, 0.4) is 0 Å². The summed E-state index contributed by atoms with van der Waals surface area (Å²) in [7, 11) is 0. The van der Waals surface area contributed by atoms with E-state index in [0.29, 0.717) is 18.8 Å². The number of pyridine rings is 1. The van der Waals surface area contributed by atoms with E-state index in [2.05, 4.69) is 32.9 Å². The second kappa shape index (κ2) is 9.92. The molecule has 1 aliphatic heterocycles. The molecule has 1 amide bonds. The average Bonchev–Trinajstić information content (AvgIpc) is 2.83. The number of carboxylic acids is 1. The highest BCUT2D eigenvalue weighted by Crippen LogP contribution is 2.31. The van der Waals surface area contributed by atoms with E-state index in [9.17, 15) is 14.7 Å². The Morgan fingerprint density at radius 2 is 1.76 bits per heavy atom. The summed E-state index contributed by atoms with van der Waals surface area (Å²) < 4.78 is 31.1. The Kier molecular flexibility index (Phi) is 6.96. The van der Waals surface area contributed by atoms with Crippen molar-refractivity contribution < 1.29 is 23.5 Å². The Bertz CT molecular complexity index is 1250. The van der Waals surface area contributed by atoms with Gasteiger partial charge in [0, 0.05) is 41.6 Å². The number of anilines is 3. The van der Waals surface area contributed by atoms with Crippen molar-refractivity contribution in [1.82, 2.24) is 9.88 Å². The molecule has 0 spiro atoms. The molecule has 34 heavy (non-hydrogen) atoms. The zero-order chi connectivity index (χ0) is 24.4. The summed E-state index contributed by atoms with van der Waals surface area (Å²) in [5.74, 6) is -4.25. The Morgan fingerprint density at radius 1 is 1.03 bits per heavy atom. The van der Waals surface area contributed by atoms with E-state index in [0.717, 1.165) is 21.0 Å². The van der Waals surface area contributed by atoms with Crippen molar-refractivity contribution >= 4 is 51.7 Å². The molecule has 176 valence electrons. The third-order valence-corrected chi connectivity index (χ3v) is 6.33. The molecule has 0 unspecified atom stereocenters. The topological polar surface area (TPSA) is 85.8 Å². The van der Waals surface area contributed by atoms with Crippen molar-refractivity contribution in [2.45, 2.75) is 6.92 Å². The van der Waals surface area contributed by atoms with E-state index in [1.807, 2.05) is 23.1 Å². The van der Waals surface area contributed by atoms with Gasteiger partial charge >= 0.3 is 5.97 Å². The number of halogens is 3. The van der Waals surface area contributed by atoms with Crippen LogP contribution >= 0.6 is 22.6 Å². The van der Waals surface area contributed by atoms with Crippen LogP contribution in [0.1, 0.15) is 26.3 Å². The predicted molar refractivity (Wildman–Crippen MR) is 133 cm³/mol. The van der Waals surface area contributed by atoms with Gasteiger partial charge in [0.25, 0.3) is 5.91 Å². The first kappa shape index (κ1) is 23.9. The van der Waals surface area contributed by atoms with Crippen LogP contribution < -0.4 is 10.2 Å². The molecule has 1 saturated heterocycles. The van der Waals surface area contributed by atoms with Crippen molar-refractivity contribution in [1.29, 1.82) is 0 Å². The lowest BCUT2D eigenvalue weighted by molar-refractivity contribution is 0.0697. The summed E-state index contributed by atoms with van der Waals surface area (Å²) in [5, 5.41) is 12.4. The highest BCUT2D eigenvalue weighted by atomic mass is 127. The summed E-state index contributed by atoms with van der Waals surface area (Å²) >= 11 is 2.11. The molecule has 7 nitrogen and oxygen atoms in total. The number of hydrogen-bond acceptors (Lipinski definition) is 5. The van der Waals surface area contributed by atoms with Crippen LogP contribution in [0, 0.1) is 22.1 Å². The number of carbonyl (C=O) groups is 2. The number of nitrogens with zero attached hydrogens (tertiary/aromatic N) is 3. The third-order valence-electron chi connectivity index (χ3n) is 5.66. The number of amides is 1.